The number of halogens is 2. The van der Waals surface area contributed by atoms with E-state index in [4.69, 9.17) is 11.6 Å². The number of pyridine rings is 1. The van der Waals surface area contributed by atoms with Crippen LogP contribution in [-0.2, 0) is 14.3 Å². The summed E-state index contributed by atoms with van der Waals surface area (Å²) in [4.78, 5) is 28.8. The maximum atomic E-state index is 11.9. The highest BCUT2D eigenvalue weighted by molar-refractivity contribution is 9.10. The summed E-state index contributed by atoms with van der Waals surface area (Å²) in [6, 6.07) is 1.64. The van der Waals surface area contributed by atoms with E-state index in [2.05, 4.69) is 25.7 Å². The highest BCUT2D eigenvalue weighted by atomic mass is 79.9. The lowest BCUT2D eigenvalue weighted by atomic mass is 10.1. The average Bonchev–Trinajstić information content (AvgIpc) is 2.73. The van der Waals surface area contributed by atoms with Crippen LogP contribution in [0.2, 0.25) is 5.02 Å². The third-order valence-electron chi connectivity index (χ3n) is 2.74. The van der Waals surface area contributed by atoms with Crippen molar-refractivity contribution in [2.24, 2.45) is 5.92 Å². The minimum Gasteiger partial charge on any atom is -0.469 e. The van der Waals surface area contributed by atoms with Gasteiger partial charge < -0.3 is 9.64 Å². The van der Waals surface area contributed by atoms with Gasteiger partial charge in [-0.25, -0.2) is 4.98 Å². The fourth-order valence-corrected chi connectivity index (χ4v) is 2.45. The second kappa shape index (κ2) is 5.24. The number of carbonyl (C=O) groups excluding carboxylic acids is 2. The number of hydrogen-bond acceptors (Lipinski definition) is 4. The Morgan fingerprint density at radius 2 is 2.39 bits per heavy atom. The van der Waals surface area contributed by atoms with E-state index < -0.39 is 5.92 Å². The number of carbonyl (C=O) groups is 2. The number of nitrogens with zero attached hydrogens (tertiary/aromatic N) is 2. The topological polar surface area (TPSA) is 59.5 Å². The summed E-state index contributed by atoms with van der Waals surface area (Å²) in [6.07, 6.45) is 1.62. The predicted molar refractivity (Wildman–Crippen MR) is 69.4 cm³/mol. The first-order valence-electron chi connectivity index (χ1n) is 5.22. The van der Waals surface area contributed by atoms with Crippen LogP contribution in [-0.4, -0.2) is 30.5 Å². The van der Waals surface area contributed by atoms with E-state index in [0.29, 0.717) is 15.3 Å². The molecule has 1 unspecified atom stereocenters. The fourth-order valence-electron chi connectivity index (χ4n) is 1.87. The summed E-state index contributed by atoms with van der Waals surface area (Å²) < 4.78 is 5.17. The quantitative estimate of drug-likeness (QED) is 0.614. The molecule has 1 aliphatic heterocycles. The molecule has 18 heavy (non-hydrogen) atoms. The molecule has 0 bridgehead atoms. The van der Waals surface area contributed by atoms with Crippen LogP contribution in [0, 0.1) is 5.92 Å². The molecular formula is C11H10BrClN2O3. The highest BCUT2D eigenvalue weighted by Crippen LogP contribution is 2.32. The van der Waals surface area contributed by atoms with Crippen LogP contribution in [0.3, 0.4) is 0 Å². The van der Waals surface area contributed by atoms with E-state index in [-0.39, 0.29) is 24.8 Å². The van der Waals surface area contributed by atoms with Gasteiger partial charge in [0.1, 0.15) is 4.60 Å². The van der Waals surface area contributed by atoms with Crippen molar-refractivity contribution in [2.75, 3.05) is 18.6 Å². The zero-order chi connectivity index (χ0) is 13.3. The van der Waals surface area contributed by atoms with Crippen LogP contribution < -0.4 is 4.90 Å². The van der Waals surface area contributed by atoms with Crippen LogP contribution in [0.25, 0.3) is 0 Å². The summed E-state index contributed by atoms with van der Waals surface area (Å²) in [5.41, 5.74) is 0.568. The first-order chi connectivity index (χ1) is 8.52. The minimum absolute atomic E-state index is 0.143. The Bertz CT molecular complexity index is 509. The second-order valence-electron chi connectivity index (χ2n) is 3.89. The molecule has 1 aromatic rings. The van der Waals surface area contributed by atoms with Crippen molar-refractivity contribution in [1.82, 2.24) is 4.98 Å². The maximum Gasteiger partial charge on any atom is 0.311 e. The minimum atomic E-state index is -0.437. The number of amides is 1. The number of ether oxygens (including phenoxy) is 1. The first-order valence-corrected chi connectivity index (χ1v) is 6.39. The van der Waals surface area contributed by atoms with Crippen molar-refractivity contribution in [1.29, 1.82) is 0 Å². The van der Waals surface area contributed by atoms with E-state index in [1.54, 1.807) is 6.07 Å². The summed E-state index contributed by atoms with van der Waals surface area (Å²) in [6.45, 7) is 0.284. The van der Waals surface area contributed by atoms with Gasteiger partial charge in [-0.2, -0.15) is 0 Å². The van der Waals surface area contributed by atoms with Gasteiger partial charge in [0.05, 0.1) is 23.7 Å². The molecular weight excluding hydrogens is 323 g/mol. The SMILES string of the molecule is COC(=O)C1CC(=O)N(c2cc(Cl)cnc2Br)C1. The Balaban J connectivity index is 2.27. The number of hydrogen-bond donors (Lipinski definition) is 0. The zero-order valence-corrected chi connectivity index (χ0v) is 11.9. The van der Waals surface area contributed by atoms with Gasteiger partial charge in [-0.1, -0.05) is 11.6 Å². The van der Waals surface area contributed by atoms with Crippen LogP contribution in [0.4, 0.5) is 5.69 Å². The van der Waals surface area contributed by atoms with Gasteiger partial charge in [0.25, 0.3) is 0 Å². The van der Waals surface area contributed by atoms with Gasteiger partial charge in [0.2, 0.25) is 5.91 Å². The summed E-state index contributed by atoms with van der Waals surface area (Å²) >= 11 is 9.12. The number of rotatable bonds is 2. The molecule has 7 heteroatoms. The zero-order valence-electron chi connectivity index (χ0n) is 9.52. The van der Waals surface area contributed by atoms with Gasteiger partial charge in [-0.15, -0.1) is 0 Å². The lowest BCUT2D eigenvalue weighted by Crippen LogP contribution is -2.26. The molecule has 96 valence electrons. The van der Waals surface area contributed by atoms with Crippen molar-refractivity contribution >= 4 is 45.1 Å². The summed E-state index contributed by atoms with van der Waals surface area (Å²) in [7, 11) is 1.31. The lowest BCUT2D eigenvalue weighted by molar-refractivity contribution is -0.145. The van der Waals surface area contributed by atoms with Gasteiger partial charge in [-0.3, -0.25) is 9.59 Å². The van der Waals surface area contributed by atoms with E-state index in [0.717, 1.165) is 0 Å². The van der Waals surface area contributed by atoms with Crippen LogP contribution in [0.5, 0.6) is 0 Å². The van der Waals surface area contributed by atoms with Crippen molar-refractivity contribution < 1.29 is 14.3 Å². The molecule has 0 aromatic carbocycles. The molecule has 2 rings (SSSR count). The standard InChI is InChI=1S/C11H10BrClN2O3/c1-18-11(17)6-2-9(16)15(5-6)8-3-7(13)4-14-10(8)12/h3-4,6H,2,5H2,1H3. The molecule has 2 heterocycles. The average molecular weight is 334 g/mol. The van der Waals surface area contributed by atoms with Gasteiger partial charge in [0, 0.05) is 19.2 Å². The number of aromatic nitrogens is 1. The number of methoxy groups -OCH3 is 1. The van der Waals surface area contributed by atoms with Gasteiger partial charge in [-0.05, 0) is 22.0 Å². The van der Waals surface area contributed by atoms with Crippen molar-refractivity contribution in [3.63, 3.8) is 0 Å². The molecule has 0 saturated carbocycles. The molecule has 0 radical (unpaired) electrons. The largest absolute Gasteiger partial charge is 0.469 e. The van der Waals surface area contributed by atoms with Crippen LogP contribution >= 0.6 is 27.5 Å². The molecule has 1 fully saturated rings. The Morgan fingerprint density at radius 3 is 3.06 bits per heavy atom. The van der Waals surface area contributed by atoms with Gasteiger partial charge >= 0.3 is 5.97 Å². The van der Waals surface area contributed by atoms with E-state index in [1.807, 2.05) is 0 Å². The smallest absolute Gasteiger partial charge is 0.311 e. The Morgan fingerprint density at radius 1 is 1.67 bits per heavy atom. The third kappa shape index (κ3) is 2.49. The Labute approximate surface area is 117 Å². The van der Waals surface area contributed by atoms with Crippen molar-refractivity contribution in [3.8, 4) is 0 Å². The normalized spacial score (nSPS) is 19.2. The number of esters is 1. The number of anilines is 1. The maximum absolute atomic E-state index is 11.9. The predicted octanol–water partition coefficient (Wildman–Crippen LogP) is 2.02. The molecule has 0 aliphatic carbocycles. The molecule has 5 nitrogen and oxygen atoms in total. The fraction of sp³-hybridized carbons (Fsp3) is 0.364. The molecule has 1 amide bonds. The van der Waals surface area contributed by atoms with E-state index >= 15 is 0 Å². The molecule has 1 aliphatic rings. The van der Waals surface area contributed by atoms with Gasteiger partial charge in [0.15, 0.2) is 0 Å². The first kappa shape index (κ1) is 13.3. The van der Waals surface area contributed by atoms with Crippen molar-refractivity contribution in [3.05, 3.63) is 21.9 Å². The Kier molecular flexibility index (Phi) is 3.87. The summed E-state index contributed by atoms with van der Waals surface area (Å²) in [5.74, 6) is -0.958. The molecule has 0 spiro atoms. The van der Waals surface area contributed by atoms with E-state index in [9.17, 15) is 9.59 Å². The lowest BCUT2D eigenvalue weighted by Gasteiger charge is -2.17. The molecule has 0 N–H and O–H groups in total. The summed E-state index contributed by atoms with van der Waals surface area (Å²) in [5, 5.41) is 0.433. The highest BCUT2D eigenvalue weighted by Gasteiger charge is 2.36. The third-order valence-corrected chi connectivity index (χ3v) is 3.56. The molecule has 1 saturated heterocycles. The van der Waals surface area contributed by atoms with E-state index in [1.165, 1.54) is 18.2 Å². The van der Waals surface area contributed by atoms with Crippen LogP contribution in [0.1, 0.15) is 6.42 Å². The van der Waals surface area contributed by atoms with Crippen molar-refractivity contribution in [2.45, 2.75) is 6.42 Å². The Hall–Kier alpha value is -1.14. The second-order valence-corrected chi connectivity index (χ2v) is 5.08. The molecule has 1 aromatic heterocycles. The van der Waals surface area contributed by atoms with Crippen LogP contribution in [0.15, 0.2) is 16.9 Å². The monoisotopic (exact) mass is 332 g/mol. The molecule has 1 atom stereocenters.